The van der Waals surface area contributed by atoms with E-state index in [9.17, 15) is 0 Å². The highest BCUT2D eigenvalue weighted by Crippen LogP contribution is 1.97. The van der Waals surface area contributed by atoms with Crippen LogP contribution in [0, 0.1) is 0 Å². The van der Waals surface area contributed by atoms with Crippen LogP contribution in [0.1, 0.15) is 18.7 Å². The van der Waals surface area contributed by atoms with E-state index in [1.54, 1.807) is 12.4 Å². The summed E-state index contributed by atoms with van der Waals surface area (Å²) in [6.45, 7) is 1.83. The lowest BCUT2D eigenvalue weighted by atomic mass is 10.3. The number of hydrogen-bond acceptors (Lipinski definition) is 4. The second-order valence-electron chi connectivity index (χ2n) is 3.04. The van der Waals surface area contributed by atoms with Gasteiger partial charge in [0.2, 0.25) is 0 Å². The molecule has 1 aromatic rings. The minimum Gasteiger partial charge on any atom is -0.310 e. The van der Waals surface area contributed by atoms with Crippen molar-refractivity contribution in [1.82, 2.24) is 15.3 Å². The number of nitrogens with one attached hydrogen (secondary N) is 1. The summed E-state index contributed by atoms with van der Waals surface area (Å²) in [5.41, 5.74) is 0. The number of rotatable bonds is 7. The average Bonchev–Trinajstić information content (AvgIpc) is 2.25. The molecule has 1 N–H and O–H groups in total. The summed E-state index contributed by atoms with van der Waals surface area (Å²) in [5.74, 6) is 2.13. The van der Waals surface area contributed by atoms with E-state index in [1.165, 1.54) is 18.6 Å². The Morgan fingerprint density at radius 2 is 2.07 bits per heavy atom. The van der Waals surface area contributed by atoms with Crippen molar-refractivity contribution < 1.29 is 0 Å². The topological polar surface area (TPSA) is 37.8 Å². The van der Waals surface area contributed by atoms with Crippen LogP contribution in [0.15, 0.2) is 18.5 Å². The van der Waals surface area contributed by atoms with Crippen molar-refractivity contribution >= 4 is 11.8 Å². The Balaban J connectivity index is 1.99. The summed E-state index contributed by atoms with van der Waals surface area (Å²) < 4.78 is 0. The van der Waals surface area contributed by atoms with Crippen molar-refractivity contribution in [2.75, 3.05) is 18.6 Å². The van der Waals surface area contributed by atoms with Gasteiger partial charge in [0.15, 0.2) is 0 Å². The number of thioether (sulfide) groups is 1. The number of unbranched alkanes of at least 4 members (excludes halogenated alkanes) is 1. The second kappa shape index (κ2) is 7.76. The van der Waals surface area contributed by atoms with Gasteiger partial charge >= 0.3 is 0 Å². The fourth-order valence-electron chi connectivity index (χ4n) is 1.12. The predicted molar refractivity (Wildman–Crippen MR) is 61.4 cm³/mol. The third kappa shape index (κ3) is 5.19. The molecule has 3 nitrogen and oxygen atoms in total. The maximum atomic E-state index is 4.13. The first-order chi connectivity index (χ1) is 6.93. The molecule has 0 spiro atoms. The molecule has 78 valence electrons. The Labute approximate surface area is 89.7 Å². The second-order valence-corrected chi connectivity index (χ2v) is 4.03. The van der Waals surface area contributed by atoms with Crippen molar-refractivity contribution in [2.45, 2.75) is 19.4 Å². The zero-order valence-corrected chi connectivity index (χ0v) is 9.39. The van der Waals surface area contributed by atoms with Gasteiger partial charge in [0.1, 0.15) is 5.82 Å². The van der Waals surface area contributed by atoms with Crippen LogP contribution in [-0.2, 0) is 6.54 Å². The van der Waals surface area contributed by atoms with Crippen molar-refractivity contribution in [2.24, 2.45) is 0 Å². The van der Waals surface area contributed by atoms with E-state index in [2.05, 4.69) is 21.5 Å². The van der Waals surface area contributed by atoms with Crippen LogP contribution in [0.25, 0.3) is 0 Å². The lowest BCUT2D eigenvalue weighted by Crippen LogP contribution is -2.16. The zero-order valence-electron chi connectivity index (χ0n) is 8.57. The molecule has 0 fully saturated rings. The fraction of sp³-hybridized carbons (Fsp3) is 0.600. The van der Waals surface area contributed by atoms with Gasteiger partial charge in [-0.05, 0) is 37.5 Å². The molecule has 1 aromatic heterocycles. The molecule has 0 saturated carbocycles. The Morgan fingerprint density at radius 3 is 2.79 bits per heavy atom. The molecule has 0 atom stereocenters. The Kier molecular flexibility index (Phi) is 6.36. The highest BCUT2D eigenvalue weighted by molar-refractivity contribution is 7.98. The monoisotopic (exact) mass is 211 g/mol. The van der Waals surface area contributed by atoms with E-state index >= 15 is 0 Å². The van der Waals surface area contributed by atoms with Crippen molar-refractivity contribution in [3.63, 3.8) is 0 Å². The van der Waals surface area contributed by atoms with Crippen LogP contribution in [0.2, 0.25) is 0 Å². The standard InChI is InChI=1S/C10H17N3S/c1-14-8-3-2-5-11-9-10-12-6-4-7-13-10/h4,6-7,11H,2-3,5,8-9H2,1H3. The molecule has 14 heavy (non-hydrogen) atoms. The SMILES string of the molecule is CSCCCCNCc1ncccn1. The summed E-state index contributed by atoms with van der Waals surface area (Å²) in [4.78, 5) is 8.27. The van der Waals surface area contributed by atoms with E-state index in [0.29, 0.717) is 0 Å². The molecule has 1 heterocycles. The lowest BCUT2D eigenvalue weighted by molar-refractivity contribution is 0.624. The molecule has 0 aliphatic rings. The van der Waals surface area contributed by atoms with Crippen LogP contribution < -0.4 is 5.32 Å². The van der Waals surface area contributed by atoms with Crippen LogP contribution >= 0.6 is 11.8 Å². The summed E-state index contributed by atoms with van der Waals surface area (Å²) in [7, 11) is 0. The van der Waals surface area contributed by atoms with Crippen molar-refractivity contribution in [3.8, 4) is 0 Å². The normalized spacial score (nSPS) is 10.4. The molecule has 0 bridgehead atoms. The first-order valence-corrected chi connectivity index (χ1v) is 6.28. The van der Waals surface area contributed by atoms with Crippen LogP contribution in [0.5, 0.6) is 0 Å². The predicted octanol–water partition coefficient (Wildman–Crippen LogP) is 1.71. The van der Waals surface area contributed by atoms with E-state index in [4.69, 9.17) is 0 Å². The third-order valence-corrected chi connectivity index (χ3v) is 2.55. The van der Waals surface area contributed by atoms with Crippen LogP contribution in [-0.4, -0.2) is 28.5 Å². The molecule has 0 radical (unpaired) electrons. The minimum atomic E-state index is 0.778. The minimum absolute atomic E-state index is 0.778. The molecule has 0 saturated heterocycles. The van der Waals surface area contributed by atoms with Gasteiger partial charge < -0.3 is 5.32 Å². The number of hydrogen-bond donors (Lipinski definition) is 1. The molecular formula is C10H17N3S. The van der Waals surface area contributed by atoms with Gasteiger partial charge in [-0.1, -0.05) is 0 Å². The maximum absolute atomic E-state index is 4.13. The van der Waals surface area contributed by atoms with E-state index in [1.807, 2.05) is 17.8 Å². The largest absolute Gasteiger partial charge is 0.310 e. The van der Waals surface area contributed by atoms with E-state index in [0.717, 1.165) is 18.9 Å². The fourth-order valence-corrected chi connectivity index (χ4v) is 1.61. The van der Waals surface area contributed by atoms with E-state index < -0.39 is 0 Å². The summed E-state index contributed by atoms with van der Waals surface area (Å²) in [6.07, 6.45) is 8.21. The summed E-state index contributed by atoms with van der Waals surface area (Å²) in [5, 5.41) is 3.33. The van der Waals surface area contributed by atoms with Crippen molar-refractivity contribution in [1.29, 1.82) is 0 Å². The number of nitrogens with zero attached hydrogens (tertiary/aromatic N) is 2. The Hall–Kier alpha value is -0.610. The molecule has 1 rings (SSSR count). The number of aromatic nitrogens is 2. The van der Waals surface area contributed by atoms with Gasteiger partial charge in [0, 0.05) is 12.4 Å². The Morgan fingerprint density at radius 1 is 1.29 bits per heavy atom. The quantitative estimate of drug-likeness (QED) is 0.697. The molecule has 0 aromatic carbocycles. The highest BCUT2D eigenvalue weighted by Gasteiger charge is 1.93. The zero-order chi connectivity index (χ0) is 10.1. The van der Waals surface area contributed by atoms with Crippen LogP contribution in [0.4, 0.5) is 0 Å². The smallest absolute Gasteiger partial charge is 0.141 e. The van der Waals surface area contributed by atoms with E-state index in [-0.39, 0.29) is 0 Å². The highest BCUT2D eigenvalue weighted by atomic mass is 32.2. The van der Waals surface area contributed by atoms with Gasteiger partial charge in [0.25, 0.3) is 0 Å². The molecule has 0 unspecified atom stereocenters. The maximum Gasteiger partial charge on any atom is 0.141 e. The van der Waals surface area contributed by atoms with Gasteiger partial charge in [-0.25, -0.2) is 9.97 Å². The molecule has 0 amide bonds. The average molecular weight is 211 g/mol. The van der Waals surface area contributed by atoms with Crippen LogP contribution in [0.3, 0.4) is 0 Å². The Bertz CT molecular complexity index is 228. The summed E-state index contributed by atoms with van der Waals surface area (Å²) >= 11 is 1.90. The van der Waals surface area contributed by atoms with Crippen molar-refractivity contribution in [3.05, 3.63) is 24.3 Å². The first-order valence-electron chi connectivity index (χ1n) is 4.89. The molecule has 4 heteroatoms. The molecular weight excluding hydrogens is 194 g/mol. The molecule has 0 aliphatic carbocycles. The first kappa shape index (κ1) is 11.5. The summed E-state index contributed by atoms with van der Waals surface area (Å²) in [6, 6.07) is 1.84. The van der Waals surface area contributed by atoms with Gasteiger partial charge in [-0.2, -0.15) is 11.8 Å². The van der Waals surface area contributed by atoms with Gasteiger partial charge in [-0.3, -0.25) is 0 Å². The van der Waals surface area contributed by atoms with Gasteiger partial charge in [0.05, 0.1) is 6.54 Å². The lowest BCUT2D eigenvalue weighted by Gasteiger charge is -2.02. The third-order valence-electron chi connectivity index (χ3n) is 1.85. The molecule has 0 aliphatic heterocycles. The van der Waals surface area contributed by atoms with Gasteiger partial charge in [-0.15, -0.1) is 0 Å².